The number of pyridine rings is 1. The molecule has 0 spiro atoms. The van der Waals surface area contributed by atoms with Crippen molar-refractivity contribution in [1.29, 1.82) is 0 Å². The number of nitrogens with one attached hydrogen (secondary N) is 2. The lowest BCUT2D eigenvalue weighted by molar-refractivity contribution is 0.0926. The number of hydrogen-bond acceptors (Lipinski definition) is 3. The molecular weight excluding hydrogens is 256 g/mol. The lowest BCUT2D eigenvalue weighted by atomic mass is 10.1. The molecular formula is C14H18N4O2. The van der Waals surface area contributed by atoms with Crippen molar-refractivity contribution in [3.63, 3.8) is 0 Å². The molecule has 20 heavy (non-hydrogen) atoms. The van der Waals surface area contributed by atoms with Gasteiger partial charge in [-0.05, 0) is 12.5 Å². The molecule has 0 bridgehead atoms. The highest BCUT2D eigenvalue weighted by molar-refractivity contribution is 5.92. The highest BCUT2D eigenvalue weighted by Gasteiger charge is 2.18. The molecule has 0 saturated carbocycles. The highest BCUT2D eigenvalue weighted by Crippen LogP contribution is 2.16. The molecule has 0 aliphatic rings. The fourth-order valence-corrected chi connectivity index (χ4v) is 2.08. The number of rotatable bonds is 5. The zero-order valence-electron chi connectivity index (χ0n) is 11.6. The van der Waals surface area contributed by atoms with Crippen LogP contribution in [0.2, 0.25) is 0 Å². The first kappa shape index (κ1) is 14.0. The van der Waals surface area contributed by atoms with E-state index in [9.17, 15) is 9.59 Å². The van der Waals surface area contributed by atoms with Gasteiger partial charge in [0.25, 0.3) is 5.91 Å². The Morgan fingerprint density at radius 1 is 1.50 bits per heavy atom. The Kier molecular flexibility index (Phi) is 4.34. The van der Waals surface area contributed by atoms with Gasteiger partial charge in [0.15, 0.2) is 0 Å². The Hall–Kier alpha value is -2.37. The number of aromatic amines is 1. The Morgan fingerprint density at radius 3 is 2.90 bits per heavy atom. The van der Waals surface area contributed by atoms with Crippen LogP contribution in [-0.4, -0.2) is 20.4 Å². The molecule has 0 saturated heterocycles. The predicted molar refractivity (Wildman–Crippen MR) is 75.4 cm³/mol. The maximum Gasteiger partial charge on any atom is 0.268 e. The number of aromatic nitrogens is 3. The average molecular weight is 274 g/mol. The third-order valence-corrected chi connectivity index (χ3v) is 3.07. The number of hydrogen-bond donors (Lipinski definition) is 2. The van der Waals surface area contributed by atoms with Crippen molar-refractivity contribution >= 4 is 5.91 Å². The van der Waals surface area contributed by atoms with Crippen molar-refractivity contribution in [2.75, 3.05) is 0 Å². The van der Waals surface area contributed by atoms with Crippen molar-refractivity contribution in [3.8, 4) is 0 Å². The van der Waals surface area contributed by atoms with Crippen LogP contribution in [0.4, 0.5) is 0 Å². The SMILES string of the molecule is CCC[C@H](NC(=O)c1cccc(=O)[nH]1)c1nccn1C. The van der Waals surface area contributed by atoms with Gasteiger partial charge in [-0.15, -0.1) is 0 Å². The second-order valence-electron chi connectivity index (χ2n) is 4.64. The summed E-state index contributed by atoms with van der Waals surface area (Å²) in [5.74, 6) is 0.502. The van der Waals surface area contributed by atoms with E-state index in [1.54, 1.807) is 18.3 Å². The number of carbonyl (C=O) groups excluding carboxylic acids is 1. The molecule has 2 heterocycles. The van der Waals surface area contributed by atoms with Crippen LogP contribution in [0.25, 0.3) is 0 Å². The van der Waals surface area contributed by atoms with E-state index in [0.29, 0.717) is 0 Å². The fraction of sp³-hybridized carbons (Fsp3) is 0.357. The van der Waals surface area contributed by atoms with E-state index in [0.717, 1.165) is 18.7 Å². The molecule has 0 aromatic carbocycles. The average Bonchev–Trinajstić information content (AvgIpc) is 2.84. The van der Waals surface area contributed by atoms with Crippen molar-refractivity contribution in [3.05, 3.63) is 52.5 Å². The quantitative estimate of drug-likeness (QED) is 0.864. The van der Waals surface area contributed by atoms with Crippen molar-refractivity contribution in [1.82, 2.24) is 19.9 Å². The zero-order chi connectivity index (χ0) is 14.5. The van der Waals surface area contributed by atoms with E-state index in [1.165, 1.54) is 6.07 Å². The summed E-state index contributed by atoms with van der Waals surface area (Å²) in [6.45, 7) is 2.05. The van der Waals surface area contributed by atoms with E-state index < -0.39 is 0 Å². The van der Waals surface area contributed by atoms with Gasteiger partial charge in [-0.25, -0.2) is 4.98 Å². The first-order chi connectivity index (χ1) is 9.61. The summed E-state index contributed by atoms with van der Waals surface area (Å²) in [4.78, 5) is 30.2. The Labute approximate surface area is 116 Å². The monoisotopic (exact) mass is 274 g/mol. The smallest absolute Gasteiger partial charge is 0.268 e. The normalized spacial score (nSPS) is 12.1. The molecule has 0 radical (unpaired) electrons. The first-order valence-corrected chi connectivity index (χ1v) is 6.59. The van der Waals surface area contributed by atoms with Crippen LogP contribution in [0, 0.1) is 0 Å². The van der Waals surface area contributed by atoms with Crippen LogP contribution >= 0.6 is 0 Å². The molecule has 2 aromatic heterocycles. The largest absolute Gasteiger partial charge is 0.341 e. The second kappa shape index (κ2) is 6.18. The van der Waals surface area contributed by atoms with Crippen molar-refractivity contribution in [2.24, 2.45) is 7.05 Å². The maximum atomic E-state index is 12.2. The summed E-state index contributed by atoms with van der Waals surface area (Å²) >= 11 is 0. The van der Waals surface area contributed by atoms with Crippen molar-refractivity contribution < 1.29 is 4.79 Å². The third-order valence-electron chi connectivity index (χ3n) is 3.07. The lowest BCUT2D eigenvalue weighted by Crippen LogP contribution is -2.31. The van der Waals surface area contributed by atoms with E-state index in [-0.39, 0.29) is 23.2 Å². The van der Waals surface area contributed by atoms with Crippen LogP contribution in [0.1, 0.15) is 42.1 Å². The molecule has 6 heteroatoms. The number of nitrogens with zero attached hydrogens (tertiary/aromatic N) is 2. The van der Waals surface area contributed by atoms with Gasteiger partial charge in [0, 0.05) is 25.5 Å². The van der Waals surface area contributed by atoms with Gasteiger partial charge in [-0.1, -0.05) is 19.4 Å². The van der Waals surface area contributed by atoms with Crippen LogP contribution in [0.5, 0.6) is 0 Å². The fourth-order valence-electron chi connectivity index (χ4n) is 2.08. The molecule has 0 fully saturated rings. The molecule has 0 aliphatic heterocycles. The minimum absolute atomic E-state index is 0.170. The van der Waals surface area contributed by atoms with Gasteiger partial charge in [0.2, 0.25) is 5.56 Å². The predicted octanol–water partition coefficient (Wildman–Crippen LogP) is 1.38. The summed E-state index contributed by atoms with van der Waals surface area (Å²) in [6, 6.07) is 4.34. The van der Waals surface area contributed by atoms with Gasteiger partial charge in [-0.2, -0.15) is 0 Å². The summed E-state index contributed by atoms with van der Waals surface area (Å²) in [6.07, 6.45) is 5.25. The lowest BCUT2D eigenvalue weighted by Gasteiger charge is -2.17. The Bertz CT molecular complexity index is 644. The third kappa shape index (κ3) is 3.14. The number of aryl methyl sites for hydroxylation is 1. The molecule has 2 aromatic rings. The summed E-state index contributed by atoms with van der Waals surface area (Å²) in [5, 5.41) is 2.91. The molecule has 106 valence electrons. The molecule has 2 N–H and O–H groups in total. The topological polar surface area (TPSA) is 79.8 Å². The van der Waals surface area contributed by atoms with Gasteiger partial charge in [0.05, 0.1) is 6.04 Å². The molecule has 0 unspecified atom stereocenters. The standard InChI is InChI=1S/C14H18N4O2/c1-3-5-10(13-15-8-9-18(13)2)17-14(20)11-6-4-7-12(19)16-11/h4,6-10H,3,5H2,1-2H3,(H,16,19)(H,17,20)/t10-/m0/s1. The molecule has 1 atom stereocenters. The first-order valence-electron chi connectivity index (χ1n) is 6.59. The summed E-state index contributed by atoms with van der Waals surface area (Å²) in [5.41, 5.74) is -0.0329. The number of carbonyl (C=O) groups is 1. The van der Waals surface area contributed by atoms with E-state index in [2.05, 4.69) is 15.3 Å². The second-order valence-corrected chi connectivity index (χ2v) is 4.64. The molecule has 2 rings (SSSR count). The summed E-state index contributed by atoms with van der Waals surface area (Å²) in [7, 11) is 1.89. The van der Waals surface area contributed by atoms with E-state index >= 15 is 0 Å². The Balaban J connectivity index is 2.18. The molecule has 6 nitrogen and oxygen atoms in total. The van der Waals surface area contributed by atoms with Crippen LogP contribution in [-0.2, 0) is 7.05 Å². The van der Waals surface area contributed by atoms with Gasteiger partial charge < -0.3 is 14.9 Å². The van der Waals surface area contributed by atoms with Gasteiger partial charge in [0.1, 0.15) is 11.5 Å². The number of amides is 1. The van der Waals surface area contributed by atoms with Crippen LogP contribution in [0.15, 0.2) is 35.4 Å². The van der Waals surface area contributed by atoms with Crippen LogP contribution in [0.3, 0.4) is 0 Å². The Morgan fingerprint density at radius 2 is 2.30 bits per heavy atom. The minimum Gasteiger partial charge on any atom is -0.341 e. The van der Waals surface area contributed by atoms with Crippen molar-refractivity contribution in [2.45, 2.75) is 25.8 Å². The molecule has 0 aliphatic carbocycles. The molecule has 1 amide bonds. The zero-order valence-corrected chi connectivity index (χ0v) is 11.6. The minimum atomic E-state index is -0.302. The number of H-pyrrole nitrogens is 1. The van der Waals surface area contributed by atoms with Gasteiger partial charge in [-0.3, -0.25) is 9.59 Å². The maximum absolute atomic E-state index is 12.2. The van der Waals surface area contributed by atoms with Crippen LogP contribution < -0.4 is 10.9 Å². The van der Waals surface area contributed by atoms with E-state index in [4.69, 9.17) is 0 Å². The van der Waals surface area contributed by atoms with Gasteiger partial charge >= 0.3 is 0 Å². The highest BCUT2D eigenvalue weighted by atomic mass is 16.2. The number of imidazole rings is 1. The summed E-state index contributed by atoms with van der Waals surface area (Å²) < 4.78 is 1.88. The van der Waals surface area contributed by atoms with E-state index in [1.807, 2.05) is 24.7 Å².